The van der Waals surface area contributed by atoms with Gasteiger partial charge in [0.15, 0.2) is 5.11 Å². The molecular formula is C22H26N2O2S. The van der Waals surface area contributed by atoms with Gasteiger partial charge in [0.2, 0.25) is 0 Å². The molecule has 2 aromatic carbocycles. The number of ether oxygens (including phenoxy) is 1. The van der Waals surface area contributed by atoms with Crippen LogP contribution in [0.1, 0.15) is 45.5 Å². The van der Waals surface area contributed by atoms with Crippen LogP contribution in [0.4, 0.5) is 5.69 Å². The van der Waals surface area contributed by atoms with Crippen LogP contribution in [0.2, 0.25) is 0 Å². The molecule has 1 aliphatic carbocycles. The van der Waals surface area contributed by atoms with E-state index in [0.717, 1.165) is 27.5 Å². The molecule has 0 aliphatic heterocycles. The number of benzene rings is 2. The molecule has 0 aromatic heterocycles. The second-order valence-electron chi connectivity index (χ2n) is 7.32. The van der Waals surface area contributed by atoms with Crippen molar-refractivity contribution in [2.75, 3.05) is 12.4 Å². The number of nitrogens with one attached hydrogen (secondary N) is 1. The zero-order valence-corrected chi connectivity index (χ0v) is 17.2. The lowest BCUT2D eigenvalue weighted by Crippen LogP contribution is -2.33. The summed E-state index contributed by atoms with van der Waals surface area (Å²) >= 11 is 5.49. The Hall–Kier alpha value is -2.40. The average Bonchev–Trinajstić information content (AvgIpc) is 3.48. The molecule has 0 heterocycles. The summed E-state index contributed by atoms with van der Waals surface area (Å²) < 4.78 is 5.50. The van der Waals surface area contributed by atoms with Crippen LogP contribution in [-0.2, 0) is 11.3 Å². The quantitative estimate of drug-likeness (QED) is 0.596. The van der Waals surface area contributed by atoms with E-state index < -0.39 is 0 Å². The minimum atomic E-state index is -0.305. The number of hydrogen-bond donors (Lipinski definition) is 1. The van der Waals surface area contributed by atoms with Crippen molar-refractivity contribution in [2.24, 2.45) is 0 Å². The van der Waals surface area contributed by atoms with Crippen LogP contribution in [0.15, 0.2) is 36.4 Å². The highest BCUT2D eigenvalue weighted by atomic mass is 32.1. The molecular weight excluding hydrogens is 356 g/mol. The number of aryl methyl sites for hydroxylation is 3. The van der Waals surface area contributed by atoms with Gasteiger partial charge in [0, 0.05) is 18.8 Å². The van der Waals surface area contributed by atoms with Gasteiger partial charge < -0.3 is 15.0 Å². The molecule has 4 nitrogen and oxygen atoms in total. The maximum Gasteiger partial charge on any atom is 0.338 e. The number of thiocarbonyl (C=S) groups is 1. The highest BCUT2D eigenvalue weighted by Crippen LogP contribution is 2.27. The largest absolute Gasteiger partial charge is 0.457 e. The maximum atomic E-state index is 12.5. The first-order valence-corrected chi connectivity index (χ1v) is 9.63. The predicted octanol–water partition coefficient (Wildman–Crippen LogP) is 4.76. The minimum Gasteiger partial charge on any atom is -0.457 e. The molecule has 0 radical (unpaired) electrons. The molecule has 1 fully saturated rings. The van der Waals surface area contributed by atoms with E-state index in [-0.39, 0.29) is 12.6 Å². The molecule has 142 valence electrons. The van der Waals surface area contributed by atoms with E-state index in [1.807, 2.05) is 64.2 Å². The van der Waals surface area contributed by atoms with E-state index in [0.29, 0.717) is 11.6 Å². The van der Waals surface area contributed by atoms with E-state index in [4.69, 9.17) is 17.0 Å². The van der Waals surface area contributed by atoms with Crippen LogP contribution < -0.4 is 5.32 Å². The summed E-state index contributed by atoms with van der Waals surface area (Å²) in [5, 5.41) is 4.02. The van der Waals surface area contributed by atoms with Crippen LogP contribution in [0.5, 0.6) is 0 Å². The lowest BCUT2D eigenvalue weighted by Gasteiger charge is -2.22. The molecule has 0 saturated heterocycles. The number of nitrogens with zero attached hydrogens (tertiary/aromatic N) is 1. The topological polar surface area (TPSA) is 41.6 Å². The lowest BCUT2D eigenvalue weighted by molar-refractivity contribution is 0.0472. The van der Waals surface area contributed by atoms with Crippen molar-refractivity contribution in [2.45, 2.75) is 46.3 Å². The summed E-state index contributed by atoms with van der Waals surface area (Å²) in [6, 6.07) is 12.4. The Morgan fingerprint density at radius 3 is 2.44 bits per heavy atom. The molecule has 0 bridgehead atoms. The number of esters is 1. The minimum absolute atomic E-state index is 0.272. The summed E-state index contributed by atoms with van der Waals surface area (Å²) in [6.45, 7) is 6.19. The summed E-state index contributed by atoms with van der Waals surface area (Å²) in [5.41, 5.74) is 5.52. The zero-order valence-electron chi connectivity index (χ0n) is 16.3. The van der Waals surface area contributed by atoms with Gasteiger partial charge in [-0.1, -0.05) is 29.8 Å². The zero-order chi connectivity index (χ0) is 19.6. The molecule has 3 rings (SSSR count). The predicted molar refractivity (Wildman–Crippen MR) is 113 cm³/mol. The van der Waals surface area contributed by atoms with Crippen LogP contribution in [0.3, 0.4) is 0 Å². The Morgan fingerprint density at radius 2 is 1.81 bits per heavy atom. The molecule has 0 amide bonds. The monoisotopic (exact) mass is 382 g/mol. The molecule has 27 heavy (non-hydrogen) atoms. The molecule has 0 spiro atoms. The third kappa shape index (κ3) is 4.86. The summed E-state index contributed by atoms with van der Waals surface area (Å²) in [6.07, 6.45) is 2.39. The Balaban J connectivity index is 1.66. The first-order chi connectivity index (χ1) is 12.8. The van der Waals surface area contributed by atoms with Gasteiger partial charge in [-0.2, -0.15) is 0 Å². The molecule has 2 aromatic rings. The summed E-state index contributed by atoms with van der Waals surface area (Å²) in [7, 11) is 2.02. The molecule has 1 aliphatic rings. The second-order valence-corrected chi connectivity index (χ2v) is 7.70. The van der Waals surface area contributed by atoms with Crippen LogP contribution in [-0.4, -0.2) is 29.1 Å². The van der Waals surface area contributed by atoms with Crippen LogP contribution in [0, 0.1) is 20.8 Å². The molecule has 1 saturated carbocycles. The van der Waals surface area contributed by atoms with Crippen LogP contribution >= 0.6 is 12.2 Å². The van der Waals surface area contributed by atoms with Gasteiger partial charge in [0.05, 0.1) is 5.56 Å². The lowest BCUT2D eigenvalue weighted by atomic mass is 10.0. The normalized spacial score (nSPS) is 13.2. The third-order valence-corrected chi connectivity index (χ3v) is 5.33. The van der Waals surface area contributed by atoms with Crippen molar-refractivity contribution < 1.29 is 9.53 Å². The average molecular weight is 383 g/mol. The van der Waals surface area contributed by atoms with Crippen molar-refractivity contribution in [3.63, 3.8) is 0 Å². The van der Waals surface area contributed by atoms with Gasteiger partial charge in [0.1, 0.15) is 6.61 Å². The number of anilines is 1. The second kappa shape index (κ2) is 8.09. The highest BCUT2D eigenvalue weighted by molar-refractivity contribution is 7.80. The van der Waals surface area contributed by atoms with Gasteiger partial charge in [-0.15, -0.1) is 0 Å². The van der Waals surface area contributed by atoms with Gasteiger partial charge >= 0.3 is 5.97 Å². The Labute approximate surface area is 166 Å². The van der Waals surface area contributed by atoms with Crippen molar-refractivity contribution in [3.8, 4) is 0 Å². The van der Waals surface area contributed by atoms with Crippen molar-refractivity contribution in [1.29, 1.82) is 0 Å². The van der Waals surface area contributed by atoms with E-state index in [1.54, 1.807) is 0 Å². The number of carbonyl (C=O) groups is 1. The number of hydrogen-bond acceptors (Lipinski definition) is 3. The SMILES string of the molecule is Cc1ccc(COC(=O)c2cc(C)c(NC(=S)N(C)C3CC3)cc2C)cc1. The van der Waals surface area contributed by atoms with Gasteiger partial charge in [-0.05, 0) is 74.7 Å². The maximum absolute atomic E-state index is 12.5. The Bertz CT molecular complexity index is 857. The van der Waals surface area contributed by atoms with Crippen molar-refractivity contribution >= 4 is 29.0 Å². The number of rotatable bonds is 5. The Morgan fingerprint density at radius 1 is 1.15 bits per heavy atom. The fourth-order valence-corrected chi connectivity index (χ4v) is 3.17. The van der Waals surface area contributed by atoms with Crippen molar-refractivity contribution in [3.05, 3.63) is 64.2 Å². The van der Waals surface area contributed by atoms with Gasteiger partial charge in [0.25, 0.3) is 0 Å². The standard InChI is InChI=1S/C22H26N2O2S/c1-14-5-7-17(8-6-14)13-26-21(25)19-11-16(3)20(12-15(19)2)23-22(27)24(4)18-9-10-18/h5-8,11-12,18H,9-10,13H2,1-4H3,(H,23,27). The molecule has 1 N–H and O–H groups in total. The summed E-state index contributed by atoms with van der Waals surface area (Å²) in [5.74, 6) is -0.305. The third-order valence-electron chi connectivity index (χ3n) is 4.94. The fourth-order valence-electron chi connectivity index (χ4n) is 2.91. The van der Waals surface area contributed by atoms with Crippen LogP contribution in [0.25, 0.3) is 0 Å². The number of carbonyl (C=O) groups excluding carboxylic acids is 1. The smallest absolute Gasteiger partial charge is 0.338 e. The highest BCUT2D eigenvalue weighted by Gasteiger charge is 2.28. The summed E-state index contributed by atoms with van der Waals surface area (Å²) in [4.78, 5) is 14.6. The molecule has 5 heteroatoms. The van der Waals surface area contributed by atoms with E-state index >= 15 is 0 Å². The van der Waals surface area contributed by atoms with E-state index in [1.165, 1.54) is 18.4 Å². The first-order valence-electron chi connectivity index (χ1n) is 9.23. The van der Waals surface area contributed by atoms with Crippen molar-refractivity contribution in [1.82, 2.24) is 4.90 Å². The first kappa shape index (κ1) is 19.4. The Kier molecular flexibility index (Phi) is 5.80. The fraction of sp³-hybridized carbons (Fsp3) is 0.364. The van der Waals surface area contributed by atoms with Gasteiger partial charge in [-0.25, -0.2) is 4.79 Å². The van der Waals surface area contributed by atoms with E-state index in [2.05, 4.69) is 10.2 Å². The van der Waals surface area contributed by atoms with E-state index in [9.17, 15) is 4.79 Å². The molecule has 0 unspecified atom stereocenters. The van der Waals surface area contributed by atoms with Gasteiger partial charge in [-0.3, -0.25) is 0 Å². The molecule has 0 atom stereocenters.